The highest BCUT2D eigenvalue weighted by molar-refractivity contribution is 7.22. The maximum Gasteiger partial charge on any atom is 0.181 e. The fourth-order valence-corrected chi connectivity index (χ4v) is 16.4. The summed E-state index contributed by atoms with van der Waals surface area (Å²) in [6.45, 7) is 0. The lowest BCUT2D eigenvalue weighted by molar-refractivity contribution is 1.18. The minimum Gasteiger partial charge on any atom is -0.309 e. The van der Waals surface area contributed by atoms with E-state index < -0.39 is 8.07 Å². The molecule has 0 saturated heterocycles. The van der Waals surface area contributed by atoms with E-state index in [1.54, 1.807) is 0 Å². The monoisotopic (exact) mass is 881 g/mol. The molecule has 3 nitrogen and oxygen atoms in total. The molecule has 0 amide bonds. The molecule has 0 saturated carbocycles. The van der Waals surface area contributed by atoms with Crippen LogP contribution in [0.4, 0.5) is 0 Å². The van der Waals surface area contributed by atoms with Crippen molar-refractivity contribution in [3.8, 4) is 73.0 Å². The second-order valence-electron chi connectivity index (χ2n) is 17.6. The van der Waals surface area contributed by atoms with Gasteiger partial charge in [0.25, 0.3) is 0 Å². The molecule has 68 heavy (non-hydrogen) atoms. The smallest absolute Gasteiger partial charge is 0.181 e. The third kappa shape index (κ3) is 6.34. The van der Waals surface area contributed by atoms with Crippen LogP contribution < -0.4 is 20.7 Å². The zero-order chi connectivity index (χ0) is 45.0. The predicted octanol–water partition coefficient (Wildman–Crippen LogP) is 13.3. The van der Waals surface area contributed by atoms with Gasteiger partial charge in [0.2, 0.25) is 0 Å². The molecule has 0 radical (unpaired) electrons. The third-order valence-corrected chi connectivity index (χ3v) is 18.8. The molecule has 10 aromatic carbocycles. The highest BCUT2D eigenvalue weighted by atomic mass is 28.3. The summed E-state index contributed by atoms with van der Waals surface area (Å²) in [5, 5.41) is 8.14. The van der Waals surface area contributed by atoms with E-state index in [1.807, 2.05) is 12.1 Å². The number of nitrogens with zero attached hydrogens (tertiary/aromatic N) is 3. The van der Waals surface area contributed by atoms with Crippen molar-refractivity contribution in [2.75, 3.05) is 0 Å². The van der Waals surface area contributed by atoms with Gasteiger partial charge in [-0.1, -0.05) is 224 Å². The molecule has 0 spiro atoms. The van der Waals surface area contributed by atoms with E-state index in [9.17, 15) is 0 Å². The van der Waals surface area contributed by atoms with Gasteiger partial charge in [-0.2, -0.15) is 0 Å². The van der Waals surface area contributed by atoms with Crippen LogP contribution in [0.15, 0.2) is 261 Å². The molecule has 13 rings (SSSR count). The quantitative estimate of drug-likeness (QED) is 0.142. The van der Waals surface area contributed by atoms with E-state index in [1.165, 1.54) is 64.9 Å². The summed E-state index contributed by atoms with van der Waals surface area (Å²) < 4.78 is 2.43. The number of rotatable bonds is 8. The van der Waals surface area contributed by atoms with Gasteiger partial charge in [0.15, 0.2) is 13.9 Å². The first kappa shape index (κ1) is 39.6. The Morgan fingerprint density at radius 2 is 0.824 bits per heavy atom. The molecule has 1 aliphatic heterocycles. The van der Waals surface area contributed by atoms with Gasteiger partial charge >= 0.3 is 0 Å². The summed E-state index contributed by atoms with van der Waals surface area (Å²) in [6.07, 6.45) is 0. The summed E-state index contributed by atoms with van der Waals surface area (Å²) in [5.41, 5.74) is 15.8. The first-order valence-electron chi connectivity index (χ1n) is 23.3. The molecule has 0 bridgehead atoms. The minimum atomic E-state index is -2.71. The highest BCUT2D eigenvalue weighted by Gasteiger charge is 2.49. The lowest BCUT2D eigenvalue weighted by Gasteiger charge is -2.33. The Bertz CT molecular complexity index is 3730. The van der Waals surface area contributed by atoms with Crippen molar-refractivity contribution in [3.63, 3.8) is 0 Å². The molecule has 4 heteroatoms. The number of fused-ring (bicyclic) bond motifs is 6. The van der Waals surface area contributed by atoms with Crippen molar-refractivity contribution in [2.24, 2.45) is 0 Å². The Morgan fingerprint density at radius 1 is 0.324 bits per heavy atom. The van der Waals surface area contributed by atoms with E-state index in [0.29, 0.717) is 5.82 Å². The van der Waals surface area contributed by atoms with Crippen molar-refractivity contribution < 1.29 is 0 Å². The van der Waals surface area contributed by atoms with E-state index in [4.69, 9.17) is 9.97 Å². The Labute approximate surface area is 397 Å². The van der Waals surface area contributed by atoms with Crippen molar-refractivity contribution in [1.29, 1.82) is 0 Å². The molecule has 0 N–H and O–H groups in total. The molecule has 3 heterocycles. The molecule has 0 fully saturated rings. The Morgan fingerprint density at radius 3 is 1.51 bits per heavy atom. The zero-order valence-corrected chi connectivity index (χ0v) is 38.2. The highest BCUT2D eigenvalue weighted by Crippen LogP contribution is 2.41. The predicted molar refractivity (Wildman–Crippen MR) is 286 cm³/mol. The van der Waals surface area contributed by atoms with Gasteiger partial charge in [0.05, 0.1) is 22.4 Å². The van der Waals surface area contributed by atoms with Crippen LogP contribution in [0.25, 0.3) is 94.8 Å². The average Bonchev–Trinajstić information content (AvgIpc) is 3.93. The Hall–Kier alpha value is -8.70. The van der Waals surface area contributed by atoms with E-state index in [2.05, 4.69) is 253 Å². The largest absolute Gasteiger partial charge is 0.309 e. The van der Waals surface area contributed by atoms with Crippen LogP contribution in [0.2, 0.25) is 0 Å². The Balaban J connectivity index is 0.941. The van der Waals surface area contributed by atoms with E-state index in [0.717, 1.165) is 44.8 Å². The summed E-state index contributed by atoms with van der Waals surface area (Å²) in [4.78, 5) is 10.3. The van der Waals surface area contributed by atoms with Crippen LogP contribution in [-0.2, 0) is 0 Å². The second kappa shape index (κ2) is 16.3. The van der Waals surface area contributed by atoms with Crippen LogP contribution in [0, 0.1) is 0 Å². The molecule has 12 aromatic rings. The summed E-state index contributed by atoms with van der Waals surface area (Å²) in [5.74, 6) is 0.696. The fourth-order valence-electron chi connectivity index (χ4n) is 11.0. The van der Waals surface area contributed by atoms with Gasteiger partial charge in [-0.15, -0.1) is 0 Å². The van der Waals surface area contributed by atoms with E-state index in [-0.39, 0.29) is 0 Å². The van der Waals surface area contributed by atoms with Crippen LogP contribution in [-0.4, -0.2) is 22.6 Å². The number of hydrogen-bond acceptors (Lipinski definition) is 2. The average molecular weight is 882 g/mol. The van der Waals surface area contributed by atoms with Crippen LogP contribution in [0.1, 0.15) is 0 Å². The molecular formula is C64H43N3Si. The number of aromatic nitrogens is 3. The molecule has 0 atom stereocenters. The van der Waals surface area contributed by atoms with Crippen LogP contribution >= 0.6 is 0 Å². The van der Waals surface area contributed by atoms with Gasteiger partial charge in [-0.05, 0) is 90.5 Å². The molecule has 1 aliphatic rings. The third-order valence-electron chi connectivity index (χ3n) is 13.9. The van der Waals surface area contributed by atoms with Gasteiger partial charge < -0.3 is 4.57 Å². The number of para-hydroxylation sites is 1. The van der Waals surface area contributed by atoms with Gasteiger partial charge in [0.1, 0.15) is 0 Å². The lowest BCUT2D eigenvalue weighted by Crippen LogP contribution is -2.73. The maximum atomic E-state index is 5.17. The van der Waals surface area contributed by atoms with Crippen LogP contribution in [0.5, 0.6) is 0 Å². The lowest BCUT2D eigenvalue weighted by atomic mass is 9.97. The topological polar surface area (TPSA) is 30.7 Å². The van der Waals surface area contributed by atoms with Crippen molar-refractivity contribution >= 4 is 50.6 Å². The van der Waals surface area contributed by atoms with Gasteiger partial charge in [0, 0.05) is 33.2 Å². The molecule has 2 aromatic heterocycles. The fraction of sp³-hybridized carbons (Fsp3) is 0. The van der Waals surface area contributed by atoms with Crippen LogP contribution in [0.3, 0.4) is 0 Å². The van der Waals surface area contributed by atoms with E-state index >= 15 is 0 Å². The molecular weight excluding hydrogens is 839 g/mol. The summed E-state index contributed by atoms with van der Waals surface area (Å²) in [6, 6.07) is 95.0. The van der Waals surface area contributed by atoms with Gasteiger partial charge in [-0.25, -0.2) is 9.97 Å². The molecule has 0 unspecified atom stereocenters. The summed E-state index contributed by atoms with van der Waals surface area (Å²) >= 11 is 0. The SMILES string of the molecule is c1ccc(-c2cc(-c3ccccc3)nc(-c3cccc(-c4cccc5c4c4ccccc4n5-c4ccc(-c5cccc6c5[Si](c5ccccc5)(c5ccccc5)c5ccccc5-6)cc4)c3)n2)cc1. The number of benzene rings is 10. The summed E-state index contributed by atoms with van der Waals surface area (Å²) in [7, 11) is -2.71. The first-order chi connectivity index (χ1) is 33.7. The minimum absolute atomic E-state index is 0.696. The second-order valence-corrected chi connectivity index (χ2v) is 21.3. The molecule has 318 valence electrons. The number of hydrogen-bond donors (Lipinski definition) is 0. The first-order valence-corrected chi connectivity index (χ1v) is 25.3. The van der Waals surface area contributed by atoms with Gasteiger partial charge in [-0.3, -0.25) is 0 Å². The maximum absolute atomic E-state index is 5.17. The molecule has 0 aliphatic carbocycles. The van der Waals surface area contributed by atoms with Crippen molar-refractivity contribution in [2.45, 2.75) is 0 Å². The van der Waals surface area contributed by atoms with Crippen molar-refractivity contribution in [1.82, 2.24) is 14.5 Å². The normalized spacial score (nSPS) is 12.5. The van der Waals surface area contributed by atoms with Crippen molar-refractivity contribution in [3.05, 3.63) is 261 Å². The zero-order valence-electron chi connectivity index (χ0n) is 37.2. The standard InChI is InChI=1S/C64H43N3Si/c1-5-20-45(21-6-1)57-43-58(46-22-7-2-8-23-46)66-64(65-57)48-25-17-24-47(42-48)52-32-19-36-60-62(52)56-31-13-15-35-59(56)67(60)49-40-38-44(39-41-49)53-33-18-34-55-54-30-14-16-37-61(54)68(63(53)55,50-26-9-3-10-27-50)51-28-11-4-12-29-51/h1-43H. The Kier molecular flexibility index (Phi) is 9.51.